The zero-order valence-corrected chi connectivity index (χ0v) is 9.24. The summed E-state index contributed by atoms with van der Waals surface area (Å²) >= 11 is 0. The Kier molecular flexibility index (Phi) is 3.50. The Morgan fingerprint density at radius 3 is 2.59 bits per heavy atom. The summed E-state index contributed by atoms with van der Waals surface area (Å²) in [4.78, 5) is 13.8. The number of nitrogens with zero attached hydrogens (tertiary/aromatic N) is 4. The maximum atomic E-state index is 12.0. The summed E-state index contributed by atoms with van der Waals surface area (Å²) in [6.07, 6.45) is -0.306. The van der Waals surface area contributed by atoms with Crippen LogP contribution in [0, 0.1) is 0 Å². The lowest BCUT2D eigenvalue weighted by atomic mass is 10.4. The smallest absolute Gasteiger partial charge is 0.255 e. The molecule has 1 aliphatic rings. The minimum Gasteiger partial charge on any atom is -0.368 e. The number of halogens is 2. The third-order valence-electron chi connectivity index (χ3n) is 2.44. The summed E-state index contributed by atoms with van der Waals surface area (Å²) in [5.74, 6) is 0.588. The molecule has 17 heavy (non-hydrogen) atoms. The van der Waals surface area contributed by atoms with Crippen molar-refractivity contribution in [2.24, 2.45) is 0 Å². The first-order valence-electron chi connectivity index (χ1n) is 5.43. The zero-order valence-electron chi connectivity index (χ0n) is 9.24. The van der Waals surface area contributed by atoms with Gasteiger partial charge in [0.2, 0.25) is 17.8 Å². The van der Waals surface area contributed by atoms with Gasteiger partial charge in [0.15, 0.2) is 0 Å². The highest BCUT2D eigenvalue weighted by molar-refractivity contribution is 5.42. The molecule has 8 heteroatoms. The molecule has 0 spiro atoms. The second-order valence-corrected chi connectivity index (χ2v) is 3.78. The van der Waals surface area contributed by atoms with Crippen molar-refractivity contribution in [2.75, 3.05) is 35.6 Å². The summed E-state index contributed by atoms with van der Waals surface area (Å²) in [6.45, 7) is 1.22. The molecule has 1 saturated heterocycles. The van der Waals surface area contributed by atoms with E-state index in [0.717, 1.165) is 25.9 Å². The lowest BCUT2D eigenvalue weighted by Gasteiger charge is -2.15. The van der Waals surface area contributed by atoms with E-state index in [1.165, 1.54) is 0 Å². The van der Waals surface area contributed by atoms with Crippen LogP contribution >= 0.6 is 0 Å². The van der Waals surface area contributed by atoms with E-state index in [1.54, 1.807) is 0 Å². The van der Waals surface area contributed by atoms with Gasteiger partial charge in [0.05, 0.1) is 6.54 Å². The van der Waals surface area contributed by atoms with Gasteiger partial charge in [0.1, 0.15) is 0 Å². The molecule has 94 valence electrons. The number of rotatable bonds is 4. The lowest BCUT2D eigenvalue weighted by molar-refractivity contribution is 0.163. The van der Waals surface area contributed by atoms with E-state index in [4.69, 9.17) is 5.73 Å². The van der Waals surface area contributed by atoms with Crippen molar-refractivity contribution >= 4 is 17.8 Å². The topological polar surface area (TPSA) is 80.0 Å². The van der Waals surface area contributed by atoms with Gasteiger partial charge < -0.3 is 16.0 Å². The molecule has 0 saturated carbocycles. The van der Waals surface area contributed by atoms with Crippen LogP contribution in [0.1, 0.15) is 12.8 Å². The normalized spacial score (nSPS) is 15.6. The summed E-state index contributed by atoms with van der Waals surface area (Å²) < 4.78 is 24.1. The Bertz CT molecular complexity index is 380. The van der Waals surface area contributed by atoms with Crippen molar-refractivity contribution in [2.45, 2.75) is 19.3 Å². The standard InChI is InChI=1S/C9H14F2N6/c10-6(11)5-13-8-14-7(12)15-9(16-8)17-3-1-2-4-17/h6H,1-5H2,(H3,12,13,14,15,16). The van der Waals surface area contributed by atoms with Crippen molar-refractivity contribution in [3.63, 3.8) is 0 Å². The van der Waals surface area contributed by atoms with Gasteiger partial charge in [0, 0.05) is 13.1 Å². The van der Waals surface area contributed by atoms with Gasteiger partial charge in [-0.25, -0.2) is 8.78 Å². The number of hydrogen-bond acceptors (Lipinski definition) is 6. The van der Waals surface area contributed by atoms with E-state index in [0.29, 0.717) is 5.95 Å². The molecule has 0 atom stereocenters. The second-order valence-electron chi connectivity index (χ2n) is 3.78. The van der Waals surface area contributed by atoms with Crippen LogP contribution in [0.3, 0.4) is 0 Å². The molecule has 0 bridgehead atoms. The fourth-order valence-electron chi connectivity index (χ4n) is 1.69. The average Bonchev–Trinajstić information content (AvgIpc) is 2.79. The fourth-order valence-corrected chi connectivity index (χ4v) is 1.69. The summed E-state index contributed by atoms with van der Waals surface area (Å²) in [6, 6.07) is 0. The number of alkyl halides is 2. The Labute approximate surface area is 97.3 Å². The van der Waals surface area contributed by atoms with E-state index >= 15 is 0 Å². The largest absolute Gasteiger partial charge is 0.368 e. The zero-order chi connectivity index (χ0) is 12.3. The molecule has 2 rings (SSSR count). The van der Waals surface area contributed by atoms with E-state index in [9.17, 15) is 8.78 Å². The third-order valence-corrected chi connectivity index (χ3v) is 2.44. The number of aromatic nitrogens is 3. The predicted octanol–water partition coefficient (Wildman–Crippen LogP) is 0.731. The van der Waals surface area contributed by atoms with Gasteiger partial charge in [-0.15, -0.1) is 0 Å². The van der Waals surface area contributed by atoms with Crippen molar-refractivity contribution in [3.05, 3.63) is 0 Å². The Morgan fingerprint density at radius 1 is 1.24 bits per heavy atom. The number of nitrogen functional groups attached to an aromatic ring is 1. The molecule has 0 amide bonds. The van der Waals surface area contributed by atoms with Gasteiger partial charge in [-0.05, 0) is 12.8 Å². The first-order chi connectivity index (χ1) is 8.15. The van der Waals surface area contributed by atoms with Gasteiger partial charge in [-0.1, -0.05) is 0 Å². The van der Waals surface area contributed by atoms with Crippen molar-refractivity contribution in [1.82, 2.24) is 15.0 Å². The quantitative estimate of drug-likeness (QED) is 0.812. The van der Waals surface area contributed by atoms with E-state index in [1.807, 2.05) is 4.90 Å². The third kappa shape index (κ3) is 3.11. The van der Waals surface area contributed by atoms with Crippen LogP contribution in [0.2, 0.25) is 0 Å². The van der Waals surface area contributed by atoms with Crippen LogP contribution in [-0.4, -0.2) is 41.0 Å². The second kappa shape index (κ2) is 5.07. The van der Waals surface area contributed by atoms with Crippen molar-refractivity contribution in [1.29, 1.82) is 0 Å². The molecule has 3 N–H and O–H groups in total. The highest BCUT2D eigenvalue weighted by Gasteiger charge is 2.16. The minimum absolute atomic E-state index is 0.0404. The van der Waals surface area contributed by atoms with Crippen LogP contribution < -0.4 is 16.0 Å². The SMILES string of the molecule is Nc1nc(NCC(F)F)nc(N2CCCC2)n1. The monoisotopic (exact) mass is 244 g/mol. The van der Waals surface area contributed by atoms with Crippen LogP contribution in [0.15, 0.2) is 0 Å². The van der Waals surface area contributed by atoms with Crippen LogP contribution in [0.4, 0.5) is 26.6 Å². The number of nitrogens with one attached hydrogen (secondary N) is 1. The summed E-state index contributed by atoms with van der Waals surface area (Å²) in [5.41, 5.74) is 5.52. The molecule has 0 unspecified atom stereocenters. The van der Waals surface area contributed by atoms with Crippen LogP contribution in [-0.2, 0) is 0 Å². The Hall–Kier alpha value is -1.73. The first-order valence-corrected chi connectivity index (χ1v) is 5.43. The first kappa shape index (κ1) is 11.7. The van der Waals surface area contributed by atoms with Gasteiger partial charge >= 0.3 is 0 Å². The van der Waals surface area contributed by atoms with Crippen molar-refractivity contribution in [3.8, 4) is 0 Å². The Balaban J connectivity index is 2.11. The molecular weight excluding hydrogens is 230 g/mol. The molecule has 0 aliphatic carbocycles. The number of anilines is 3. The van der Waals surface area contributed by atoms with E-state index in [2.05, 4.69) is 20.3 Å². The van der Waals surface area contributed by atoms with Gasteiger partial charge in [-0.3, -0.25) is 0 Å². The van der Waals surface area contributed by atoms with Crippen LogP contribution in [0.25, 0.3) is 0 Å². The lowest BCUT2D eigenvalue weighted by Crippen LogP contribution is -2.23. The Morgan fingerprint density at radius 2 is 1.94 bits per heavy atom. The fraction of sp³-hybridized carbons (Fsp3) is 0.667. The maximum absolute atomic E-state index is 12.0. The summed E-state index contributed by atoms with van der Waals surface area (Å²) in [5, 5.41) is 2.43. The molecule has 1 aromatic rings. The minimum atomic E-state index is -2.46. The molecule has 2 heterocycles. The molecule has 0 aromatic carbocycles. The number of hydrogen-bond donors (Lipinski definition) is 2. The van der Waals surface area contributed by atoms with Crippen LogP contribution in [0.5, 0.6) is 0 Å². The van der Waals surface area contributed by atoms with Gasteiger partial charge in [0.25, 0.3) is 6.43 Å². The molecule has 0 radical (unpaired) electrons. The van der Waals surface area contributed by atoms with Crippen molar-refractivity contribution < 1.29 is 8.78 Å². The molecule has 1 aromatic heterocycles. The van der Waals surface area contributed by atoms with Gasteiger partial charge in [-0.2, -0.15) is 15.0 Å². The highest BCUT2D eigenvalue weighted by Crippen LogP contribution is 2.17. The molecular formula is C9H14F2N6. The molecule has 1 aliphatic heterocycles. The molecule has 1 fully saturated rings. The van der Waals surface area contributed by atoms with E-state index in [-0.39, 0.29) is 11.9 Å². The van der Waals surface area contributed by atoms with E-state index < -0.39 is 13.0 Å². The summed E-state index contributed by atoms with van der Waals surface area (Å²) in [7, 11) is 0. The predicted molar refractivity (Wildman–Crippen MR) is 60.2 cm³/mol. The molecule has 6 nitrogen and oxygen atoms in total. The average molecular weight is 244 g/mol. The highest BCUT2D eigenvalue weighted by atomic mass is 19.3. The maximum Gasteiger partial charge on any atom is 0.255 e. The number of nitrogens with two attached hydrogens (primary N) is 1.